The number of amides is 2. The van der Waals surface area contributed by atoms with Crippen LogP contribution in [-0.4, -0.2) is 63.2 Å². The Kier molecular flexibility index (Phi) is 10.7. The first-order valence-corrected chi connectivity index (χ1v) is 16.0. The minimum absolute atomic E-state index is 0.0532. The van der Waals surface area contributed by atoms with Crippen molar-refractivity contribution >= 4 is 39.1 Å². The summed E-state index contributed by atoms with van der Waals surface area (Å²) in [7, 11) is -3.90. The number of fused-ring (bicyclic) bond motifs is 1. The second kappa shape index (κ2) is 14.4. The van der Waals surface area contributed by atoms with E-state index in [-0.39, 0.29) is 30.3 Å². The zero-order chi connectivity index (χ0) is 30.1. The number of halogens is 1. The number of ether oxygens (including phenoxy) is 2. The number of hydrogen-bond acceptors (Lipinski definition) is 6. The van der Waals surface area contributed by atoms with Crippen molar-refractivity contribution in [3.8, 4) is 11.5 Å². The molecule has 9 nitrogen and oxygen atoms in total. The van der Waals surface area contributed by atoms with Crippen LogP contribution in [-0.2, 0) is 32.6 Å². The molecule has 224 valence electrons. The molecule has 0 saturated heterocycles. The van der Waals surface area contributed by atoms with E-state index >= 15 is 0 Å². The highest BCUT2D eigenvalue weighted by atomic mass is 35.5. The molecule has 42 heavy (non-hydrogen) atoms. The predicted octanol–water partition coefficient (Wildman–Crippen LogP) is 4.43. The summed E-state index contributed by atoms with van der Waals surface area (Å²) in [6.45, 7) is 4.17. The summed E-state index contributed by atoms with van der Waals surface area (Å²) in [6.07, 6.45) is 0.964. The fourth-order valence-electron chi connectivity index (χ4n) is 4.66. The molecule has 0 saturated carbocycles. The first-order chi connectivity index (χ1) is 20.2. The molecule has 0 fully saturated rings. The average Bonchev–Trinajstić information content (AvgIpc) is 3.00. The molecule has 1 atom stereocenters. The third-order valence-electron chi connectivity index (χ3n) is 6.86. The largest absolute Gasteiger partial charge is 0.486 e. The van der Waals surface area contributed by atoms with Crippen molar-refractivity contribution in [2.24, 2.45) is 0 Å². The number of nitrogens with one attached hydrogen (secondary N) is 1. The van der Waals surface area contributed by atoms with E-state index < -0.39 is 28.5 Å². The lowest BCUT2D eigenvalue weighted by molar-refractivity contribution is -0.140. The lowest BCUT2D eigenvalue weighted by atomic mass is 10.0. The third kappa shape index (κ3) is 7.95. The summed E-state index contributed by atoms with van der Waals surface area (Å²) in [5.41, 5.74) is 1.84. The molecule has 0 aromatic heterocycles. The van der Waals surface area contributed by atoms with Crippen LogP contribution in [0.5, 0.6) is 11.5 Å². The molecule has 4 rings (SSSR count). The lowest BCUT2D eigenvalue weighted by Gasteiger charge is -2.34. The van der Waals surface area contributed by atoms with Crippen LogP contribution >= 0.6 is 11.6 Å². The van der Waals surface area contributed by atoms with Crippen LogP contribution in [0.4, 0.5) is 5.69 Å². The molecule has 1 heterocycles. The molecule has 1 aliphatic rings. The summed E-state index contributed by atoms with van der Waals surface area (Å²) in [5, 5.41) is 3.41. The summed E-state index contributed by atoms with van der Waals surface area (Å²) in [4.78, 5) is 29.3. The van der Waals surface area contributed by atoms with E-state index in [0.717, 1.165) is 16.3 Å². The van der Waals surface area contributed by atoms with Crippen molar-refractivity contribution < 1.29 is 27.5 Å². The van der Waals surface area contributed by atoms with Crippen LogP contribution in [0.15, 0.2) is 72.8 Å². The SMILES string of the molecule is CCCNC(=O)[C@@H](Cc1ccccc1)N(Cc1cccc(Cl)c1)C(=O)CN(c1ccc2c(c1)OCCO2)S(=O)(=O)CC. The van der Waals surface area contributed by atoms with Crippen molar-refractivity contribution in [3.05, 3.63) is 88.9 Å². The Hall–Kier alpha value is -3.76. The second-order valence-corrected chi connectivity index (χ2v) is 12.5. The Morgan fingerprint density at radius 1 is 0.929 bits per heavy atom. The molecule has 0 aliphatic carbocycles. The monoisotopic (exact) mass is 613 g/mol. The van der Waals surface area contributed by atoms with E-state index in [4.69, 9.17) is 21.1 Å². The first kappa shape index (κ1) is 31.2. The van der Waals surface area contributed by atoms with Gasteiger partial charge in [0.25, 0.3) is 0 Å². The number of carbonyl (C=O) groups is 2. The van der Waals surface area contributed by atoms with Crippen LogP contribution in [0.3, 0.4) is 0 Å². The quantitative estimate of drug-likeness (QED) is 0.306. The summed E-state index contributed by atoms with van der Waals surface area (Å²) in [5.74, 6) is -0.176. The van der Waals surface area contributed by atoms with Crippen molar-refractivity contribution in [3.63, 3.8) is 0 Å². The van der Waals surface area contributed by atoms with Crippen molar-refractivity contribution in [1.82, 2.24) is 10.2 Å². The maximum atomic E-state index is 14.2. The van der Waals surface area contributed by atoms with E-state index in [2.05, 4.69) is 5.32 Å². The van der Waals surface area contributed by atoms with Crippen LogP contribution in [0.2, 0.25) is 5.02 Å². The van der Waals surface area contributed by atoms with Gasteiger partial charge in [0.05, 0.1) is 11.4 Å². The third-order valence-corrected chi connectivity index (χ3v) is 8.83. The number of rotatable bonds is 13. The van der Waals surface area contributed by atoms with Gasteiger partial charge in [0.15, 0.2) is 11.5 Å². The molecule has 3 aromatic carbocycles. The summed E-state index contributed by atoms with van der Waals surface area (Å²) in [6, 6.07) is 20.3. The Balaban J connectivity index is 1.74. The smallest absolute Gasteiger partial charge is 0.244 e. The number of carbonyl (C=O) groups excluding carboxylic acids is 2. The average molecular weight is 614 g/mol. The fraction of sp³-hybridized carbons (Fsp3) is 0.355. The predicted molar refractivity (Wildman–Crippen MR) is 163 cm³/mol. The second-order valence-electron chi connectivity index (χ2n) is 9.88. The Morgan fingerprint density at radius 3 is 2.33 bits per heavy atom. The number of hydrogen-bond donors (Lipinski definition) is 1. The zero-order valence-corrected chi connectivity index (χ0v) is 25.4. The number of sulfonamides is 1. The first-order valence-electron chi connectivity index (χ1n) is 14.0. The Bertz CT molecular complexity index is 1480. The summed E-state index contributed by atoms with van der Waals surface area (Å²) >= 11 is 6.26. The summed E-state index contributed by atoms with van der Waals surface area (Å²) < 4.78 is 39.0. The Labute approximate surface area is 252 Å². The zero-order valence-electron chi connectivity index (χ0n) is 23.8. The topological polar surface area (TPSA) is 105 Å². The van der Waals surface area contributed by atoms with Crippen LogP contribution < -0.4 is 19.1 Å². The van der Waals surface area contributed by atoms with Gasteiger partial charge >= 0.3 is 0 Å². The highest BCUT2D eigenvalue weighted by Gasteiger charge is 2.34. The van der Waals surface area contributed by atoms with Gasteiger partial charge in [0.2, 0.25) is 21.8 Å². The van der Waals surface area contributed by atoms with Gasteiger partial charge in [0.1, 0.15) is 25.8 Å². The van der Waals surface area contributed by atoms with Gasteiger partial charge in [-0.1, -0.05) is 61.0 Å². The van der Waals surface area contributed by atoms with Gasteiger partial charge in [-0.2, -0.15) is 0 Å². The molecule has 11 heteroatoms. The van der Waals surface area contributed by atoms with E-state index in [1.165, 1.54) is 11.8 Å². The number of nitrogens with zero attached hydrogens (tertiary/aromatic N) is 2. The van der Waals surface area contributed by atoms with Crippen molar-refractivity contribution in [2.75, 3.05) is 36.4 Å². The van der Waals surface area contributed by atoms with Crippen molar-refractivity contribution in [1.29, 1.82) is 0 Å². The van der Waals surface area contributed by atoms with Gasteiger partial charge in [-0.15, -0.1) is 0 Å². The van der Waals surface area contributed by atoms with Gasteiger partial charge in [-0.25, -0.2) is 8.42 Å². The highest BCUT2D eigenvalue weighted by molar-refractivity contribution is 7.92. The van der Waals surface area contributed by atoms with Crippen molar-refractivity contribution in [2.45, 2.75) is 39.3 Å². The van der Waals surface area contributed by atoms with E-state index in [1.54, 1.807) is 36.4 Å². The fourth-order valence-corrected chi connectivity index (χ4v) is 5.93. The number of anilines is 1. The standard InChI is InChI=1S/C31H36ClN3O6S/c1-3-15-33-31(37)27(19-23-9-6-5-7-10-23)34(21-24-11-8-12-25(32)18-24)30(36)22-35(42(38,39)4-2)26-13-14-28-29(20-26)41-17-16-40-28/h5-14,18,20,27H,3-4,15-17,19,21-22H2,1-2H3,(H,33,37)/t27-/m1/s1. The van der Waals surface area contributed by atoms with Gasteiger partial charge in [-0.3, -0.25) is 13.9 Å². The molecule has 0 spiro atoms. The van der Waals surface area contributed by atoms with Crippen LogP contribution in [0.1, 0.15) is 31.4 Å². The molecule has 3 aromatic rings. The molecule has 0 bridgehead atoms. The number of benzene rings is 3. The molecule has 1 N–H and O–H groups in total. The maximum Gasteiger partial charge on any atom is 0.244 e. The molecule has 2 amide bonds. The molecular weight excluding hydrogens is 578 g/mol. The van der Waals surface area contributed by atoms with Gasteiger partial charge in [0, 0.05) is 30.6 Å². The van der Waals surface area contributed by atoms with Gasteiger partial charge in [-0.05, 0) is 48.7 Å². The Morgan fingerprint density at radius 2 is 1.64 bits per heavy atom. The minimum Gasteiger partial charge on any atom is -0.486 e. The maximum absolute atomic E-state index is 14.2. The van der Waals surface area contributed by atoms with Crippen LogP contribution in [0, 0.1) is 0 Å². The molecule has 0 radical (unpaired) electrons. The minimum atomic E-state index is -3.90. The van der Waals surface area contributed by atoms with E-state index in [9.17, 15) is 18.0 Å². The van der Waals surface area contributed by atoms with E-state index in [1.807, 2.05) is 43.3 Å². The lowest BCUT2D eigenvalue weighted by Crippen LogP contribution is -2.53. The van der Waals surface area contributed by atoms with E-state index in [0.29, 0.717) is 41.8 Å². The van der Waals surface area contributed by atoms with Gasteiger partial charge < -0.3 is 19.7 Å². The van der Waals surface area contributed by atoms with Crippen LogP contribution in [0.25, 0.3) is 0 Å². The normalized spacial score (nSPS) is 13.2. The molecule has 0 unspecified atom stereocenters. The molecule has 1 aliphatic heterocycles. The highest BCUT2D eigenvalue weighted by Crippen LogP contribution is 2.35. The molecular formula is C31H36ClN3O6S.